The summed E-state index contributed by atoms with van der Waals surface area (Å²) in [6.07, 6.45) is 2.64. The van der Waals surface area contributed by atoms with Gasteiger partial charge in [-0.3, -0.25) is 0 Å². The molecule has 1 nitrogen and oxygen atoms in total. The van der Waals surface area contributed by atoms with Crippen LogP contribution in [0.1, 0.15) is 24.3 Å². The smallest absolute Gasteiger partial charge is 0.116 e. The van der Waals surface area contributed by atoms with Crippen molar-refractivity contribution < 1.29 is 5.11 Å². The zero-order chi connectivity index (χ0) is 9.54. The monoisotopic (exact) mass is 184 g/mol. The average Bonchev–Trinajstić information content (AvgIpc) is 2.99. The predicted octanol–water partition coefficient (Wildman–Crippen LogP) is 3.42. The highest BCUT2D eigenvalue weighted by Gasteiger charge is 2.24. The molecule has 0 amide bonds. The molecule has 2 aromatic rings. The number of benzene rings is 2. The summed E-state index contributed by atoms with van der Waals surface area (Å²) in [5.74, 6) is 1.12. The first-order valence-corrected chi connectivity index (χ1v) is 5.06. The van der Waals surface area contributed by atoms with E-state index in [4.69, 9.17) is 0 Å². The molecule has 1 saturated carbocycles. The predicted molar refractivity (Wildman–Crippen MR) is 57.6 cm³/mol. The third-order valence-electron chi connectivity index (χ3n) is 2.91. The van der Waals surface area contributed by atoms with E-state index in [0.29, 0.717) is 5.75 Å². The molecule has 0 atom stereocenters. The Morgan fingerprint density at radius 3 is 2.71 bits per heavy atom. The van der Waals surface area contributed by atoms with Crippen molar-refractivity contribution in [3.05, 3.63) is 42.0 Å². The molecular formula is C13H12O. The van der Waals surface area contributed by atoms with Crippen molar-refractivity contribution in [2.75, 3.05) is 0 Å². The van der Waals surface area contributed by atoms with E-state index in [-0.39, 0.29) is 0 Å². The molecule has 0 aromatic heterocycles. The Hall–Kier alpha value is -1.50. The standard InChI is InChI=1S/C13H12O/c14-11-6-7-13-10(8-11)2-1-3-12(13)9-4-5-9/h1-3,6-9,14H,4-5H2. The Morgan fingerprint density at radius 1 is 1.07 bits per heavy atom. The van der Waals surface area contributed by atoms with Gasteiger partial charge >= 0.3 is 0 Å². The van der Waals surface area contributed by atoms with E-state index in [1.807, 2.05) is 12.1 Å². The molecule has 0 spiro atoms. The number of rotatable bonds is 1. The molecule has 2 aromatic carbocycles. The van der Waals surface area contributed by atoms with Crippen LogP contribution in [0.15, 0.2) is 36.4 Å². The highest BCUT2D eigenvalue weighted by atomic mass is 16.3. The van der Waals surface area contributed by atoms with Gasteiger partial charge in [0.15, 0.2) is 0 Å². The largest absolute Gasteiger partial charge is 0.508 e. The number of phenols is 1. The van der Waals surface area contributed by atoms with Gasteiger partial charge in [-0.1, -0.05) is 24.3 Å². The number of aromatic hydroxyl groups is 1. The van der Waals surface area contributed by atoms with Gasteiger partial charge in [0.2, 0.25) is 0 Å². The van der Waals surface area contributed by atoms with Gasteiger partial charge in [0, 0.05) is 0 Å². The summed E-state index contributed by atoms with van der Waals surface area (Å²) < 4.78 is 0. The van der Waals surface area contributed by atoms with Crippen molar-refractivity contribution in [3.8, 4) is 5.75 Å². The van der Waals surface area contributed by atoms with Crippen molar-refractivity contribution in [3.63, 3.8) is 0 Å². The number of fused-ring (bicyclic) bond motifs is 1. The Balaban J connectivity index is 2.30. The molecule has 14 heavy (non-hydrogen) atoms. The minimum absolute atomic E-state index is 0.352. The summed E-state index contributed by atoms with van der Waals surface area (Å²) >= 11 is 0. The molecule has 1 aliphatic rings. The molecule has 0 aliphatic heterocycles. The Labute approximate surface area is 83.0 Å². The number of hydrogen-bond donors (Lipinski definition) is 1. The quantitative estimate of drug-likeness (QED) is 0.720. The minimum atomic E-state index is 0.352. The van der Waals surface area contributed by atoms with Crippen LogP contribution >= 0.6 is 0 Å². The highest BCUT2D eigenvalue weighted by Crippen LogP contribution is 2.43. The lowest BCUT2D eigenvalue weighted by Crippen LogP contribution is -1.82. The van der Waals surface area contributed by atoms with Gasteiger partial charge < -0.3 is 5.11 Å². The SMILES string of the molecule is Oc1ccc2c(C3CC3)cccc2c1. The van der Waals surface area contributed by atoms with Gasteiger partial charge in [-0.05, 0) is 47.2 Å². The Kier molecular flexibility index (Phi) is 1.54. The van der Waals surface area contributed by atoms with Gasteiger partial charge in [-0.2, -0.15) is 0 Å². The molecule has 0 bridgehead atoms. The zero-order valence-corrected chi connectivity index (χ0v) is 7.90. The van der Waals surface area contributed by atoms with Crippen LogP contribution in [-0.4, -0.2) is 5.11 Å². The lowest BCUT2D eigenvalue weighted by molar-refractivity contribution is 0.476. The molecular weight excluding hydrogens is 172 g/mol. The zero-order valence-electron chi connectivity index (χ0n) is 7.90. The summed E-state index contributed by atoms with van der Waals surface area (Å²) in [6, 6.07) is 12.0. The van der Waals surface area contributed by atoms with E-state index in [2.05, 4.69) is 18.2 Å². The van der Waals surface area contributed by atoms with Crippen LogP contribution in [0.2, 0.25) is 0 Å². The van der Waals surface area contributed by atoms with Gasteiger partial charge in [-0.15, -0.1) is 0 Å². The summed E-state index contributed by atoms with van der Waals surface area (Å²) in [4.78, 5) is 0. The maximum absolute atomic E-state index is 9.38. The lowest BCUT2D eigenvalue weighted by Gasteiger charge is -2.04. The van der Waals surface area contributed by atoms with Crippen LogP contribution in [0.25, 0.3) is 10.8 Å². The first-order chi connectivity index (χ1) is 6.84. The number of hydrogen-bond acceptors (Lipinski definition) is 1. The Morgan fingerprint density at radius 2 is 1.93 bits per heavy atom. The molecule has 1 N–H and O–H groups in total. The van der Waals surface area contributed by atoms with Gasteiger partial charge in [0.25, 0.3) is 0 Å². The van der Waals surface area contributed by atoms with Crippen LogP contribution < -0.4 is 0 Å². The summed E-state index contributed by atoms with van der Waals surface area (Å²) in [6.45, 7) is 0. The molecule has 1 heteroatoms. The summed E-state index contributed by atoms with van der Waals surface area (Å²) in [5.41, 5.74) is 1.45. The van der Waals surface area contributed by atoms with Crippen molar-refractivity contribution in [2.45, 2.75) is 18.8 Å². The molecule has 3 rings (SSSR count). The van der Waals surface area contributed by atoms with Crippen molar-refractivity contribution in [2.24, 2.45) is 0 Å². The average molecular weight is 184 g/mol. The molecule has 0 radical (unpaired) electrons. The second-order valence-electron chi connectivity index (χ2n) is 4.03. The summed E-state index contributed by atoms with van der Waals surface area (Å²) in [5, 5.41) is 11.8. The van der Waals surface area contributed by atoms with E-state index in [0.717, 1.165) is 11.3 Å². The van der Waals surface area contributed by atoms with Crippen LogP contribution in [0.3, 0.4) is 0 Å². The minimum Gasteiger partial charge on any atom is -0.508 e. The van der Waals surface area contributed by atoms with Crippen LogP contribution in [0.5, 0.6) is 5.75 Å². The fourth-order valence-corrected chi connectivity index (χ4v) is 2.05. The molecule has 0 unspecified atom stereocenters. The van der Waals surface area contributed by atoms with Crippen molar-refractivity contribution in [1.29, 1.82) is 0 Å². The van der Waals surface area contributed by atoms with E-state index in [9.17, 15) is 5.11 Å². The van der Waals surface area contributed by atoms with Gasteiger partial charge in [0.1, 0.15) is 5.75 Å². The van der Waals surface area contributed by atoms with E-state index in [1.165, 1.54) is 23.8 Å². The maximum atomic E-state index is 9.38. The second kappa shape index (κ2) is 2.74. The van der Waals surface area contributed by atoms with E-state index < -0.39 is 0 Å². The number of phenolic OH excluding ortho intramolecular Hbond substituents is 1. The van der Waals surface area contributed by atoms with Crippen LogP contribution in [0.4, 0.5) is 0 Å². The van der Waals surface area contributed by atoms with Crippen LogP contribution in [-0.2, 0) is 0 Å². The fourth-order valence-electron chi connectivity index (χ4n) is 2.05. The summed E-state index contributed by atoms with van der Waals surface area (Å²) in [7, 11) is 0. The molecule has 70 valence electrons. The third kappa shape index (κ3) is 1.17. The van der Waals surface area contributed by atoms with E-state index in [1.54, 1.807) is 6.07 Å². The molecule has 1 aliphatic carbocycles. The molecule has 0 heterocycles. The topological polar surface area (TPSA) is 20.2 Å². The van der Waals surface area contributed by atoms with Crippen molar-refractivity contribution in [1.82, 2.24) is 0 Å². The Bertz CT molecular complexity index is 484. The lowest BCUT2D eigenvalue weighted by atomic mass is 10.0. The van der Waals surface area contributed by atoms with Crippen molar-refractivity contribution >= 4 is 10.8 Å². The first kappa shape index (κ1) is 7.86. The van der Waals surface area contributed by atoms with Crippen LogP contribution in [0, 0.1) is 0 Å². The molecule has 1 fully saturated rings. The first-order valence-electron chi connectivity index (χ1n) is 5.06. The van der Waals surface area contributed by atoms with E-state index >= 15 is 0 Å². The molecule has 0 saturated heterocycles. The fraction of sp³-hybridized carbons (Fsp3) is 0.231. The highest BCUT2D eigenvalue weighted by molar-refractivity contribution is 5.87. The normalized spacial score (nSPS) is 16.0. The maximum Gasteiger partial charge on any atom is 0.116 e. The third-order valence-corrected chi connectivity index (χ3v) is 2.91. The second-order valence-corrected chi connectivity index (χ2v) is 4.03. The van der Waals surface area contributed by atoms with Gasteiger partial charge in [0.05, 0.1) is 0 Å². The van der Waals surface area contributed by atoms with Gasteiger partial charge in [-0.25, -0.2) is 0 Å².